The Kier molecular flexibility index (Phi) is 3.60. The molecular weight excluding hydrogens is 300 g/mol. The van der Waals surface area contributed by atoms with Crippen LogP contribution in [0, 0.1) is 11.3 Å². The summed E-state index contributed by atoms with van der Waals surface area (Å²) in [6.45, 7) is 2.24. The lowest BCUT2D eigenvalue weighted by Gasteiger charge is -2.28. The molecule has 0 saturated carbocycles. The molecule has 0 spiro atoms. The van der Waals surface area contributed by atoms with Crippen LogP contribution in [0.3, 0.4) is 0 Å². The van der Waals surface area contributed by atoms with E-state index < -0.39 is 0 Å². The van der Waals surface area contributed by atoms with Crippen LogP contribution >= 0.6 is 0 Å². The first kappa shape index (κ1) is 14.6. The van der Waals surface area contributed by atoms with E-state index in [1.54, 1.807) is 12.3 Å². The van der Waals surface area contributed by atoms with Gasteiger partial charge in [-0.1, -0.05) is 12.1 Å². The fourth-order valence-electron chi connectivity index (χ4n) is 3.39. The molecule has 2 aromatic heterocycles. The van der Waals surface area contributed by atoms with Crippen LogP contribution in [0.2, 0.25) is 0 Å². The van der Waals surface area contributed by atoms with E-state index in [0.717, 1.165) is 41.6 Å². The van der Waals surface area contributed by atoms with Crippen LogP contribution in [-0.4, -0.2) is 21.4 Å². The van der Waals surface area contributed by atoms with Gasteiger partial charge in [0.15, 0.2) is 0 Å². The molecule has 0 bridgehead atoms. The Balaban J connectivity index is 1.65. The van der Waals surface area contributed by atoms with Crippen molar-refractivity contribution in [3.8, 4) is 6.07 Å². The normalized spacial score (nSPS) is 14.3. The second-order valence-corrected chi connectivity index (χ2v) is 6.08. The molecule has 0 unspecified atom stereocenters. The predicted octanol–water partition coefficient (Wildman–Crippen LogP) is 2.35. The summed E-state index contributed by atoms with van der Waals surface area (Å²) in [5.74, 6) is 0. The molecule has 5 nitrogen and oxygen atoms in total. The standard InChI is InChI=1S/C19H16N4O/c20-10-13-3-1-4-14(9-13)11-23-8-6-15-16-5-2-7-21-18(16)22-19(24)17(15)12-23/h1-5,7,9H,6,8,11-12H2,(H,21,22,24). The zero-order valence-electron chi connectivity index (χ0n) is 13.1. The molecule has 3 heterocycles. The Morgan fingerprint density at radius 2 is 2.17 bits per heavy atom. The number of hydrogen-bond acceptors (Lipinski definition) is 4. The van der Waals surface area contributed by atoms with Crippen LogP contribution in [0.25, 0.3) is 11.0 Å². The topological polar surface area (TPSA) is 72.8 Å². The van der Waals surface area contributed by atoms with Crippen molar-refractivity contribution < 1.29 is 0 Å². The van der Waals surface area contributed by atoms with Crippen LogP contribution in [0.5, 0.6) is 0 Å². The van der Waals surface area contributed by atoms with Crippen molar-refractivity contribution in [2.45, 2.75) is 19.5 Å². The van der Waals surface area contributed by atoms with Crippen molar-refractivity contribution in [3.05, 3.63) is 75.2 Å². The van der Waals surface area contributed by atoms with Gasteiger partial charge in [0.1, 0.15) is 5.65 Å². The third-order valence-electron chi connectivity index (χ3n) is 4.53. The number of benzene rings is 1. The fourth-order valence-corrected chi connectivity index (χ4v) is 3.39. The summed E-state index contributed by atoms with van der Waals surface area (Å²) in [5, 5.41) is 10.1. The second-order valence-electron chi connectivity index (χ2n) is 6.08. The summed E-state index contributed by atoms with van der Waals surface area (Å²) >= 11 is 0. The first-order valence-electron chi connectivity index (χ1n) is 7.95. The maximum absolute atomic E-state index is 12.4. The molecule has 1 aliphatic heterocycles. The minimum atomic E-state index is -0.0494. The van der Waals surface area contributed by atoms with Gasteiger partial charge in [-0.3, -0.25) is 9.69 Å². The average Bonchev–Trinajstić information content (AvgIpc) is 2.62. The molecule has 0 saturated heterocycles. The number of nitrogens with zero attached hydrogens (tertiary/aromatic N) is 3. The summed E-state index contributed by atoms with van der Waals surface area (Å²) in [4.78, 5) is 21.8. The summed E-state index contributed by atoms with van der Waals surface area (Å²) < 4.78 is 0. The van der Waals surface area contributed by atoms with E-state index in [4.69, 9.17) is 5.26 Å². The predicted molar refractivity (Wildman–Crippen MR) is 91.3 cm³/mol. The Morgan fingerprint density at radius 3 is 3.04 bits per heavy atom. The molecule has 5 heteroatoms. The van der Waals surface area contributed by atoms with E-state index >= 15 is 0 Å². The van der Waals surface area contributed by atoms with Gasteiger partial charge in [-0.2, -0.15) is 5.26 Å². The van der Waals surface area contributed by atoms with E-state index in [2.05, 4.69) is 20.9 Å². The number of H-pyrrole nitrogens is 1. The SMILES string of the molecule is N#Cc1cccc(CN2CCc3c(c(=O)[nH]c4ncccc34)C2)c1. The lowest BCUT2D eigenvalue weighted by atomic mass is 9.97. The monoisotopic (exact) mass is 316 g/mol. The highest BCUT2D eigenvalue weighted by Gasteiger charge is 2.21. The Hall–Kier alpha value is -2.97. The number of aromatic nitrogens is 2. The van der Waals surface area contributed by atoms with Crippen LogP contribution < -0.4 is 5.56 Å². The maximum Gasteiger partial charge on any atom is 0.254 e. The van der Waals surface area contributed by atoms with Gasteiger partial charge in [0.2, 0.25) is 0 Å². The molecule has 118 valence electrons. The molecule has 1 N–H and O–H groups in total. The van der Waals surface area contributed by atoms with Gasteiger partial charge in [0, 0.05) is 36.8 Å². The van der Waals surface area contributed by atoms with Gasteiger partial charge in [-0.15, -0.1) is 0 Å². The summed E-state index contributed by atoms with van der Waals surface area (Å²) in [7, 11) is 0. The Labute approximate surface area is 139 Å². The van der Waals surface area contributed by atoms with E-state index in [0.29, 0.717) is 17.8 Å². The number of pyridine rings is 2. The third kappa shape index (κ3) is 2.57. The van der Waals surface area contributed by atoms with Crippen LogP contribution in [0.15, 0.2) is 47.4 Å². The number of nitrogens with one attached hydrogen (secondary N) is 1. The zero-order chi connectivity index (χ0) is 16.5. The first-order chi connectivity index (χ1) is 11.7. The summed E-state index contributed by atoms with van der Waals surface area (Å²) in [6.07, 6.45) is 2.53. The largest absolute Gasteiger partial charge is 0.306 e. The fraction of sp³-hybridized carbons (Fsp3) is 0.211. The number of nitriles is 1. The number of rotatable bonds is 2. The maximum atomic E-state index is 12.4. The summed E-state index contributed by atoms with van der Waals surface area (Å²) in [6, 6.07) is 13.7. The van der Waals surface area contributed by atoms with Crippen LogP contribution in [0.4, 0.5) is 0 Å². The number of hydrogen-bond donors (Lipinski definition) is 1. The Bertz CT molecular complexity index is 1020. The van der Waals surface area contributed by atoms with Crippen molar-refractivity contribution in [1.82, 2.24) is 14.9 Å². The van der Waals surface area contributed by atoms with Gasteiger partial charge in [-0.05, 0) is 41.8 Å². The van der Waals surface area contributed by atoms with Crippen LogP contribution in [0.1, 0.15) is 22.3 Å². The van der Waals surface area contributed by atoms with E-state index in [1.807, 2.05) is 30.3 Å². The summed E-state index contributed by atoms with van der Waals surface area (Å²) in [5.41, 5.74) is 4.32. The molecule has 1 aromatic carbocycles. The Morgan fingerprint density at radius 1 is 1.25 bits per heavy atom. The van der Waals surface area contributed by atoms with Gasteiger partial charge in [0.05, 0.1) is 11.6 Å². The van der Waals surface area contributed by atoms with Gasteiger partial charge in [0.25, 0.3) is 5.56 Å². The number of aromatic amines is 1. The molecule has 0 fully saturated rings. The molecule has 0 atom stereocenters. The van der Waals surface area contributed by atoms with Crippen molar-refractivity contribution in [3.63, 3.8) is 0 Å². The highest BCUT2D eigenvalue weighted by Crippen LogP contribution is 2.23. The van der Waals surface area contributed by atoms with Crippen molar-refractivity contribution in [2.24, 2.45) is 0 Å². The van der Waals surface area contributed by atoms with Crippen LogP contribution in [-0.2, 0) is 19.5 Å². The molecule has 0 amide bonds. The zero-order valence-corrected chi connectivity index (χ0v) is 13.1. The molecular formula is C19H16N4O. The van der Waals surface area contributed by atoms with Gasteiger partial charge >= 0.3 is 0 Å². The van der Waals surface area contributed by atoms with Gasteiger partial charge in [-0.25, -0.2) is 4.98 Å². The third-order valence-corrected chi connectivity index (χ3v) is 4.53. The molecule has 3 aromatic rings. The molecule has 24 heavy (non-hydrogen) atoms. The van der Waals surface area contributed by atoms with Crippen molar-refractivity contribution in [2.75, 3.05) is 6.54 Å². The van der Waals surface area contributed by atoms with E-state index in [-0.39, 0.29) is 5.56 Å². The molecule has 1 aliphatic rings. The minimum Gasteiger partial charge on any atom is -0.306 e. The minimum absolute atomic E-state index is 0.0494. The lowest BCUT2D eigenvalue weighted by Crippen LogP contribution is -2.34. The first-order valence-corrected chi connectivity index (χ1v) is 7.95. The quantitative estimate of drug-likeness (QED) is 0.787. The molecule has 4 rings (SSSR count). The van der Waals surface area contributed by atoms with E-state index in [9.17, 15) is 4.79 Å². The van der Waals surface area contributed by atoms with E-state index in [1.165, 1.54) is 0 Å². The smallest absolute Gasteiger partial charge is 0.254 e. The van der Waals surface area contributed by atoms with Crippen molar-refractivity contribution in [1.29, 1.82) is 5.26 Å². The number of fused-ring (bicyclic) bond motifs is 3. The second kappa shape index (κ2) is 5.91. The molecule has 0 aliphatic carbocycles. The van der Waals surface area contributed by atoms with Crippen molar-refractivity contribution >= 4 is 11.0 Å². The highest BCUT2D eigenvalue weighted by atomic mass is 16.1. The van der Waals surface area contributed by atoms with Gasteiger partial charge < -0.3 is 4.98 Å². The average molecular weight is 316 g/mol. The highest BCUT2D eigenvalue weighted by molar-refractivity contribution is 5.79. The lowest BCUT2D eigenvalue weighted by molar-refractivity contribution is 0.245. The molecule has 0 radical (unpaired) electrons.